The molecule has 0 bridgehead atoms. The van der Waals surface area contributed by atoms with Crippen LogP contribution in [0.2, 0.25) is 0 Å². The molecule has 250 valence electrons. The molecule has 2 aliphatic heterocycles. The predicted molar refractivity (Wildman–Crippen MR) is 200 cm³/mol. The summed E-state index contributed by atoms with van der Waals surface area (Å²) in [7, 11) is 5.55. The first-order valence-electron chi connectivity index (χ1n) is 16.5. The third-order valence-corrected chi connectivity index (χ3v) is 11.3. The maximum Gasteiger partial charge on any atom is 0.229 e. The number of nitrogens with one attached hydrogen (secondary N) is 2. The second-order valence-corrected chi connectivity index (χ2v) is 15.9. The van der Waals surface area contributed by atoms with Crippen molar-refractivity contribution in [3.8, 4) is 17.0 Å². The quantitative estimate of drug-likeness (QED) is 0.184. The van der Waals surface area contributed by atoms with E-state index < -0.39 is 7.92 Å². The monoisotopic (exact) mass is 719 g/mol. The number of hydrogen-bond donors (Lipinski definition) is 2. The number of hydrogen-bond acceptors (Lipinski definition) is 9. The van der Waals surface area contributed by atoms with Crippen molar-refractivity contribution in [3.05, 3.63) is 59.1 Å². The Kier molecular flexibility index (Phi) is 10.7. The molecule has 0 aliphatic carbocycles. The lowest BCUT2D eigenvalue weighted by Crippen LogP contribution is -2.52. The van der Waals surface area contributed by atoms with Crippen molar-refractivity contribution in [1.29, 1.82) is 0 Å². The summed E-state index contributed by atoms with van der Waals surface area (Å²) < 4.78 is 8.69. The van der Waals surface area contributed by atoms with Crippen molar-refractivity contribution >= 4 is 58.0 Å². The van der Waals surface area contributed by atoms with Crippen LogP contribution in [0, 0.1) is 0 Å². The van der Waals surface area contributed by atoms with Gasteiger partial charge in [-0.2, -0.15) is 4.98 Å². The zero-order chi connectivity index (χ0) is 33.1. The Bertz CT molecular complexity index is 1680. The zero-order valence-electron chi connectivity index (χ0n) is 28.4. The summed E-state index contributed by atoms with van der Waals surface area (Å²) >= 11 is 3.67. The highest BCUT2D eigenvalue weighted by molar-refractivity contribution is 9.10. The standard InChI is InChI=1S/C35H47BrN9OP/c1-7-24-18-29(32(46-4)20-31(24)45-12-10-26(11-13-45)44-16-14-42(2)15-17-44)40-35-37-21-27(36)34(41-35)39-28-9-8-25(19-33(28)47(5)6)30-22-43(3)23-38-30/h8-9,18-23,26H,7,10-17H2,1-6H3,(H2,37,39,40,41). The smallest absolute Gasteiger partial charge is 0.229 e. The molecule has 6 rings (SSSR count). The second-order valence-electron chi connectivity index (χ2n) is 12.8. The van der Waals surface area contributed by atoms with Crippen molar-refractivity contribution < 1.29 is 4.74 Å². The minimum atomic E-state index is -0.395. The predicted octanol–water partition coefficient (Wildman–Crippen LogP) is 6.28. The molecule has 2 saturated heterocycles. The molecule has 2 fully saturated rings. The van der Waals surface area contributed by atoms with Gasteiger partial charge in [0.15, 0.2) is 0 Å². The van der Waals surface area contributed by atoms with Gasteiger partial charge in [0, 0.05) is 87.8 Å². The number of aryl methyl sites for hydroxylation is 2. The van der Waals surface area contributed by atoms with Gasteiger partial charge in [0.05, 0.1) is 29.3 Å². The van der Waals surface area contributed by atoms with Crippen LogP contribution in [0.3, 0.4) is 0 Å². The molecule has 10 nitrogen and oxygen atoms in total. The van der Waals surface area contributed by atoms with Crippen LogP contribution in [-0.2, 0) is 13.5 Å². The average Bonchev–Trinajstić information content (AvgIpc) is 3.52. The molecule has 0 unspecified atom stereocenters. The van der Waals surface area contributed by atoms with E-state index >= 15 is 0 Å². The lowest BCUT2D eigenvalue weighted by molar-refractivity contribution is 0.0982. The van der Waals surface area contributed by atoms with E-state index in [1.807, 2.05) is 24.1 Å². The van der Waals surface area contributed by atoms with Crippen molar-refractivity contribution in [2.75, 3.05) is 82.3 Å². The van der Waals surface area contributed by atoms with Gasteiger partial charge in [-0.15, -0.1) is 0 Å². The van der Waals surface area contributed by atoms with Crippen LogP contribution < -0.4 is 25.6 Å². The van der Waals surface area contributed by atoms with Gasteiger partial charge in [-0.05, 0) is 84.6 Å². The van der Waals surface area contributed by atoms with Gasteiger partial charge >= 0.3 is 0 Å². The van der Waals surface area contributed by atoms with Crippen molar-refractivity contribution in [3.63, 3.8) is 0 Å². The van der Waals surface area contributed by atoms with Gasteiger partial charge in [0.2, 0.25) is 5.95 Å². The Morgan fingerprint density at radius 2 is 1.72 bits per heavy atom. The molecule has 2 N–H and O–H groups in total. The molecular weight excluding hydrogens is 673 g/mol. The van der Waals surface area contributed by atoms with Crippen LogP contribution in [0.25, 0.3) is 11.3 Å². The number of imidazole rings is 1. The van der Waals surface area contributed by atoms with Crippen LogP contribution in [0.1, 0.15) is 25.3 Å². The van der Waals surface area contributed by atoms with Crippen LogP contribution in [0.5, 0.6) is 5.75 Å². The number of methoxy groups -OCH3 is 1. The Morgan fingerprint density at radius 1 is 0.957 bits per heavy atom. The van der Waals surface area contributed by atoms with Crippen LogP contribution in [-0.4, -0.2) is 102 Å². The minimum Gasteiger partial charge on any atom is -0.494 e. The number of nitrogens with zero attached hydrogens (tertiary/aromatic N) is 7. The fourth-order valence-electron chi connectivity index (χ4n) is 6.61. The van der Waals surface area contributed by atoms with E-state index in [1.54, 1.807) is 13.3 Å². The minimum absolute atomic E-state index is 0.395. The number of ether oxygens (including phenoxy) is 1. The number of rotatable bonds is 10. The number of piperidine rings is 1. The van der Waals surface area contributed by atoms with Crippen LogP contribution >= 0.6 is 23.9 Å². The maximum atomic E-state index is 5.93. The fourth-order valence-corrected chi connectivity index (χ4v) is 7.91. The highest BCUT2D eigenvalue weighted by Gasteiger charge is 2.28. The number of halogens is 1. The zero-order valence-corrected chi connectivity index (χ0v) is 30.9. The summed E-state index contributed by atoms with van der Waals surface area (Å²) in [6.45, 7) is 13.6. The molecule has 2 aliphatic rings. The van der Waals surface area contributed by atoms with Crippen LogP contribution in [0.4, 0.5) is 28.8 Å². The molecular formula is C35H47BrN9OP. The van der Waals surface area contributed by atoms with Gasteiger partial charge in [-0.25, -0.2) is 9.97 Å². The van der Waals surface area contributed by atoms with Gasteiger partial charge in [-0.3, -0.25) is 4.90 Å². The SMILES string of the molecule is CCc1cc(Nc2ncc(Br)c(Nc3ccc(-c4cn(C)cn4)cc3P(C)C)n2)c(OC)cc1N1CCC(N2CCN(C)CC2)CC1. The summed E-state index contributed by atoms with van der Waals surface area (Å²) in [5, 5.41) is 8.29. The summed E-state index contributed by atoms with van der Waals surface area (Å²) in [4.78, 5) is 21.7. The van der Waals surface area contributed by atoms with E-state index in [2.05, 4.69) is 109 Å². The van der Waals surface area contributed by atoms with Gasteiger partial charge in [-0.1, -0.05) is 20.9 Å². The lowest BCUT2D eigenvalue weighted by atomic mass is 9.99. The average molecular weight is 721 g/mol. The highest BCUT2D eigenvalue weighted by atomic mass is 79.9. The van der Waals surface area contributed by atoms with E-state index in [1.165, 1.54) is 55.6 Å². The van der Waals surface area contributed by atoms with Crippen molar-refractivity contribution in [2.24, 2.45) is 7.05 Å². The van der Waals surface area contributed by atoms with Gasteiger partial charge in [0.1, 0.15) is 11.6 Å². The number of aromatic nitrogens is 4. The third kappa shape index (κ3) is 7.75. The largest absolute Gasteiger partial charge is 0.494 e. The van der Waals surface area contributed by atoms with E-state index in [0.717, 1.165) is 52.4 Å². The molecule has 47 heavy (non-hydrogen) atoms. The Balaban J connectivity index is 1.19. The molecule has 0 atom stereocenters. The number of piperazine rings is 1. The first kappa shape index (κ1) is 33.7. The molecule has 2 aromatic carbocycles. The number of anilines is 5. The van der Waals surface area contributed by atoms with Gasteiger partial charge in [0.25, 0.3) is 0 Å². The first-order chi connectivity index (χ1) is 22.7. The van der Waals surface area contributed by atoms with E-state index in [-0.39, 0.29) is 0 Å². The maximum absolute atomic E-state index is 5.93. The summed E-state index contributed by atoms with van der Waals surface area (Å²) in [6, 6.07) is 11.5. The number of benzene rings is 2. The van der Waals surface area contributed by atoms with Crippen LogP contribution in [0.15, 0.2) is 53.5 Å². The number of likely N-dealkylation sites (N-methyl/N-ethyl adjacent to an activating group) is 1. The van der Waals surface area contributed by atoms with E-state index in [9.17, 15) is 0 Å². The molecule has 0 amide bonds. The summed E-state index contributed by atoms with van der Waals surface area (Å²) in [6.07, 6.45) is 8.98. The van der Waals surface area contributed by atoms with Crippen molar-refractivity contribution in [1.82, 2.24) is 29.3 Å². The molecule has 0 radical (unpaired) electrons. The lowest BCUT2D eigenvalue weighted by Gasteiger charge is -2.43. The van der Waals surface area contributed by atoms with E-state index in [0.29, 0.717) is 17.8 Å². The first-order valence-corrected chi connectivity index (χ1v) is 19.5. The third-order valence-electron chi connectivity index (χ3n) is 9.36. The normalized spacial score (nSPS) is 16.6. The Hall–Kier alpha value is -3.24. The fraction of sp³-hybridized carbons (Fsp3) is 0.457. The molecule has 2 aromatic heterocycles. The van der Waals surface area contributed by atoms with E-state index in [4.69, 9.17) is 9.72 Å². The summed E-state index contributed by atoms with van der Waals surface area (Å²) in [5.74, 6) is 1.98. The summed E-state index contributed by atoms with van der Waals surface area (Å²) in [5.41, 5.74) is 6.51. The van der Waals surface area contributed by atoms with Gasteiger partial charge < -0.3 is 29.7 Å². The Labute approximate surface area is 288 Å². The topological polar surface area (TPSA) is 86.6 Å². The highest BCUT2D eigenvalue weighted by Crippen LogP contribution is 2.38. The molecule has 12 heteroatoms. The molecule has 0 spiro atoms. The molecule has 4 aromatic rings. The Morgan fingerprint density at radius 3 is 2.38 bits per heavy atom. The second kappa shape index (κ2) is 14.9. The molecule has 4 heterocycles. The van der Waals surface area contributed by atoms with Crippen molar-refractivity contribution in [2.45, 2.75) is 32.2 Å². The molecule has 0 saturated carbocycles.